The molecular formula is C18H18BrN5O3. The monoisotopic (exact) mass is 431 g/mol. The van der Waals surface area contributed by atoms with Crippen molar-refractivity contribution in [2.24, 2.45) is 7.05 Å². The zero-order valence-corrected chi connectivity index (χ0v) is 16.4. The van der Waals surface area contributed by atoms with E-state index in [2.05, 4.69) is 31.8 Å². The first-order valence-corrected chi connectivity index (χ1v) is 9.02. The standard InChI is InChI=1S/C18H18BrN5O3/c1-11-4-3-5-13-16(11)20-10-24(18(13)27)7-6-15(25)21-22-17(26)14-8-12(19)9-23(14)2/h3-5,8-10H,6-7H2,1-2H3,(H,21,25)(H,22,26). The molecule has 0 fully saturated rings. The van der Waals surface area contributed by atoms with Crippen molar-refractivity contribution in [3.63, 3.8) is 0 Å². The number of hydrazine groups is 1. The fourth-order valence-electron chi connectivity index (χ4n) is 2.72. The molecule has 2 amide bonds. The Morgan fingerprint density at radius 1 is 1.26 bits per heavy atom. The molecule has 0 spiro atoms. The lowest BCUT2D eigenvalue weighted by Crippen LogP contribution is -2.42. The number of hydrogen-bond donors (Lipinski definition) is 2. The number of nitrogens with one attached hydrogen (secondary N) is 2. The Hall–Kier alpha value is -2.94. The molecule has 27 heavy (non-hydrogen) atoms. The second-order valence-corrected chi connectivity index (χ2v) is 7.04. The molecule has 2 N–H and O–H groups in total. The normalized spacial score (nSPS) is 10.8. The fraction of sp³-hybridized carbons (Fsp3) is 0.222. The number of para-hydroxylation sites is 1. The molecule has 3 rings (SSSR count). The highest BCUT2D eigenvalue weighted by molar-refractivity contribution is 9.10. The van der Waals surface area contributed by atoms with Gasteiger partial charge in [-0.1, -0.05) is 12.1 Å². The largest absolute Gasteiger partial charge is 0.345 e. The van der Waals surface area contributed by atoms with Crippen molar-refractivity contribution in [3.05, 3.63) is 62.9 Å². The van der Waals surface area contributed by atoms with Crippen molar-refractivity contribution >= 4 is 38.6 Å². The van der Waals surface area contributed by atoms with E-state index in [9.17, 15) is 14.4 Å². The smallest absolute Gasteiger partial charge is 0.286 e. The van der Waals surface area contributed by atoms with Crippen LogP contribution in [0, 0.1) is 6.92 Å². The van der Waals surface area contributed by atoms with E-state index in [1.165, 1.54) is 10.9 Å². The van der Waals surface area contributed by atoms with Crippen LogP contribution >= 0.6 is 15.9 Å². The molecule has 0 aliphatic carbocycles. The third-order valence-electron chi connectivity index (χ3n) is 4.15. The SMILES string of the molecule is Cc1cccc2c(=O)n(CCC(=O)NNC(=O)c3cc(Br)cn3C)cnc12. The van der Waals surface area contributed by atoms with E-state index >= 15 is 0 Å². The molecule has 0 saturated heterocycles. The van der Waals surface area contributed by atoms with Gasteiger partial charge in [0.15, 0.2) is 0 Å². The summed E-state index contributed by atoms with van der Waals surface area (Å²) in [7, 11) is 1.72. The Morgan fingerprint density at radius 3 is 2.74 bits per heavy atom. The summed E-state index contributed by atoms with van der Waals surface area (Å²) in [5.41, 5.74) is 6.48. The number of benzene rings is 1. The highest BCUT2D eigenvalue weighted by Gasteiger charge is 2.12. The van der Waals surface area contributed by atoms with Gasteiger partial charge in [-0.15, -0.1) is 0 Å². The predicted molar refractivity (Wildman–Crippen MR) is 104 cm³/mol. The molecular weight excluding hydrogens is 414 g/mol. The Balaban J connectivity index is 1.60. The van der Waals surface area contributed by atoms with Crippen molar-refractivity contribution in [2.45, 2.75) is 19.9 Å². The zero-order chi connectivity index (χ0) is 19.6. The first-order valence-electron chi connectivity index (χ1n) is 8.22. The molecule has 3 aromatic rings. The van der Waals surface area contributed by atoms with Gasteiger partial charge in [0.1, 0.15) is 5.69 Å². The van der Waals surface area contributed by atoms with Gasteiger partial charge in [-0.05, 0) is 40.5 Å². The van der Waals surface area contributed by atoms with Crippen LogP contribution in [0.5, 0.6) is 0 Å². The van der Waals surface area contributed by atoms with Crippen molar-refractivity contribution in [2.75, 3.05) is 0 Å². The second-order valence-electron chi connectivity index (χ2n) is 6.12. The predicted octanol–water partition coefficient (Wildman–Crippen LogP) is 1.66. The third-order valence-corrected chi connectivity index (χ3v) is 4.59. The molecule has 140 valence electrons. The summed E-state index contributed by atoms with van der Waals surface area (Å²) in [6, 6.07) is 7.05. The molecule has 0 unspecified atom stereocenters. The van der Waals surface area contributed by atoms with Gasteiger partial charge < -0.3 is 4.57 Å². The van der Waals surface area contributed by atoms with E-state index in [-0.39, 0.29) is 18.5 Å². The minimum absolute atomic E-state index is 0.0238. The van der Waals surface area contributed by atoms with Crippen LogP contribution in [-0.4, -0.2) is 25.9 Å². The van der Waals surface area contributed by atoms with Crippen LogP contribution in [-0.2, 0) is 18.4 Å². The Kier molecular flexibility index (Phi) is 5.41. The summed E-state index contributed by atoms with van der Waals surface area (Å²) in [6.45, 7) is 2.05. The molecule has 8 nitrogen and oxygen atoms in total. The summed E-state index contributed by atoms with van der Waals surface area (Å²) in [4.78, 5) is 40.8. The van der Waals surface area contributed by atoms with E-state index in [4.69, 9.17) is 0 Å². The minimum atomic E-state index is -0.434. The highest BCUT2D eigenvalue weighted by Crippen LogP contribution is 2.13. The number of hydrogen-bond acceptors (Lipinski definition) is 4. The number of nitrogens with zero attached hydrogens (tertiary/aromatic N) is 3. The zero-order valence-electron chi connectivity index (χ0n) is 14.8. The molecule has 0 radical (unpaired) electrons. The number of carbonyl (C=O) groups is 2. The Morgan fingerprint density at radius 2 is 2.04 bits per heavy atom. The van der Waals surface area contributed by atoms with E-state index in [0.29, 0.717) is 16.6 Å². The van der Waals surface area contributed by atoms with Crippen molar-refractivity contribution < 1.29 is 9.59 Å². The first-order chi connectivity index (χ1) is 12.9. The molecule has 9 heteroatoms. The van der Waals surface area contributed by atoms with Gasteiger partial charge in [-0.3, -0.25) is 29.8 Å². The van der Waals surface area contributed by atoms with Crippen molar-refractivity contribution in [3.8, 4) is 0 Å². The minimum Gasteiger partial charge on any atom is -0.345 e. The van der Waals surface area contributed by atoms with Crippen LogP contribution in [0.2, 0.25) is 0 Å². The van der Waals surface area contributed by atoms with Crippen LogP contribution in [0.25, 0.3) is 10.9 Å². The Bertz CT molecular complexity index is 1090. The maximum absolute atomic E-state index is 12.5. The molecule has 0 aliphatic rings. The van der Waals surface area contributed by atoms with E-state index in [1.54, 1.807) is 36.0 Å². The number of aryl methyl sites for hydroxylation is 3. The summed E-state index contributed by atoms with van der Waals surface area (Å²) in [5.74, 6) is -0.843. The van der Waals surface area contributed by atoms with Crippen molar-refractivity contribution in [1.82, 2.24) is 25.0 Å². The summed E-state index contributed by atoms with van der Waals surface area (Å²) in [6.07, 6.45) is 3.19. The maximum atomic E-state index is 12.5. The van der Waals surface area contributed by atoms with Crippen LogP contribution in [0.3, 0.4) is 0 Å². The average Bonchev–Trinajstić information content (AvgIpc) is 2.98. The lowest BCUT2D eigenvalue weighted by molar-refractivity contribution is -0.122. The molecule has 0 saturated carbocycles. The van der Waals surface area contributed by atoms with Gasteiger partial charge in [-0.2, -0.15) is 0 Å². The number of halogens is 1. The fourth-order valence-corrected chi connectivity index (χ4v) is 3.25. The van der Waals surface area contributed by atoms with Crippen molar-refractivity contribution in [1.29, 1.82) is 0 Å². The number of rotatable bonds is 4. The molecule has 1 aromatic carbocycles. The summed E-state index contributed by atoms with van der Waals surface area (Å²) in [5, 5.41) is 0.514. The van der Waals surface area contributed by atoms with Gasteiger partial charge in [-0.25, -0.2) is 4.98 Å². The average molecular weight is 432 g/mol. The Labute approximate surface area is 163 Å². The number of amides is 2. The summed E-state index contributed by atoms with van der Waals surface area (Å²) >= 11 is 3.28. The quantitative estimate of drug-likeness (QED) is 0.613. The van der Waals surface area contributed by atoms with Gasteiger partial charge in [0.25, 0.3) is 11.5 Å². The molecule has 2 heterocycles. The van der Waals surface area contributed by atoms with E-state index in [1.807, 2.05) is 13.0 Å². The molecule has 0 bridgehead atoms. The van der Waals surface area contributed by atoms with Crippen LogP contribution < -0.4 is 16.4 Å². The second kappa shape index (κ2) is 7.75. The third kappa shape index (κ3) is 4.08. The topological polar surface area (TPSA) is 98.0 Å². The van der Waals surface area contributed by atoms with Gasteiger partial charge in [0.2, 0.25) is 5.91 Å². The molecule has 2 aromatic heterocycles. The van der Waals surface area contributed by atoms with Crippen LogP contribution in [0.1, 0.15) is 22.5 Å². The molecule has 0 atom stereocenters. The first kappa shape index (κ1) is 18.8. The molecule has 0 aliphatic heterocycles. The maximum Gasteiger partial charge on any atom is 0.286 e. The summed E-state index contributed by atoms with van der Waals surface area (Å²) < 4.78 is 3.78. The van der Waals surface area contributed by atoms with E-state index in [0.717, 1.165) is 10.0 Å². The lowest BCUT2D eigenvalue weighted by Gasteiger charge is -2.09. The van der Waals surface area contributed by atoms with Gasteiger partial charge >= 0.3 is 0 Å². The van der Waals surface area contributed by atoms with Crippen LogP contribution in [0.15, 0.2) is 46.1 Å². The van der Waals surface area contributed by atoms with E-state index < -0.39 is 11.8 Å². The van der Waals surface area contributed by atoms with Gasteiger partial charge in [0, 0.05) is 30.7 Å². The number of aromatic nitrogens is 3. The van der Waals surface area contributed by atoms with Gasteiger partial charge in [0.05, 0.1) is 17.2 Å². The van der Waals surface area contributed by atoms with Crippen LogP contribution in [0.4, 0.5) is 0 Å². The lowest BCUT2D eigenvalue weighted by atomic mass is 10.1. The number of carbonyl (C=O) groups excluding carboxylic acids is 2. The highest BCUT2D eigenvalue weighted by atomic mass is 79.9. The number of fused-ring (bicyclic) bond motifs is 1.